The van der Waals surface area contributed by atoms with Crippen LogP contribution in [0, 0.1) is 18.3 Å². The maximum absolute atomic E-state index is 8.54. The van der Waals surface area contributed by atoms with E-state index in [2.05, 4.69) is 11.0 Å². The smallest absolute Gasteiger partial charge is 0.122 e. The van der Waals surface area contributed by atoms with Gasteiger partial charge in [-0.1, -0.05) is 11.6 Å². The minimum Gasteiger partial charge on any atom is -0.496 e. The molecule has 4 heteroatoms. The SMILES string of the molecule is COc1cc(C)c(Cl)cc1CCN(C)CCC#N. The van der Waals surface area contributed by atoms with Crippen molar-refractivity contribution in [2.24, 2.45) is 0 Å². The average Bonchev–Trinajstić information content (AvgIpc) is 2.37. The molecule has 0 aliphatic heterocycles. The molecule has 0 bridgehead atoms. The number of ether oxygens (including phenoxy) is 1. The molecule has 1 aromatic rings. The molecule has 0 amide bonds. The van der Waals surface area contributed by atoms with Crippen molar-refractivity contribution in [1.29, 1.82) is 5.26 Å². The van der Waals surface area contributed by atoms with Gasteiger partial charge in [0.25, 0.3) is 0 Å². The Morgan fingerprint density at radius 3 is 2.72 bits per heavy atom. The fourth-order valence-corrected chi connectivity index (χ4v) is 1.93. The van der Waals surface area contributed by atoms with E-state index < -0.39 is 0 Å². The Kier molecular flexibility index (Phi) is 5.97. The zero-order valence-corrected chi connectivity index (χ0v) is 11.9. The molecule has 0 unspecified atom stereocenters. The molecule has 0 spiro atoms. The van der Waals surface area contributed by atoms with E-state index in [1.54, 1.807) is 7.11 Å². The van der Waals surface area contributed by atoms with Crippen LogP contribution < -0.4 is 4.74 Å². The lowest BCUT2D eigenvalue weighted by molar-refractivity contribution is 0.342. The third kappa shape index (κ3) is 4.21. The fourth-order valence-electron chi connectivity index (χ4n) is 1.75. The average molecular weight is 267 g/mol. The second-order valence-electron chi connectivity index (χ2n) is 4.37. The van der Waals surface area contributed by atoms with Crippen molar-refractivity contribution in [3.8, 4) is 11.8 Å². The quantitative estimate of drug-likeness (QED) is 0.794. The third-order valence-electron chi connectivity index (χ3n) is 2.93. The van der Waals surface area contributed by atoms with E-state index in [1.165, 1.54) is 0 Å². The summed E-state index contributed by atoms with van der Waals surface area (Å²) in [6.07, 6.45) is 1.42. The van der Waals surface area contributed by atoms with Crippen LogP contribution in [0.3, 0.4) is 0 Å². The summed E-state index contributed by atoms with van der Waals surface area (Å²) >= 11 is 6.13. The molecular formula is C14H19ClN2O. The van der Waals surface area contributed by atoms with E-state index >= 15 is 0 Å². The van der Waals surface area contributed by atoms with Crippen molar-refractivity contribution in [2.45, 2.75) is 19.8 Å². The topological polar surface area (TPSA) is 36.3 Å². The number of hydrogen-bond donors (Lipinski definition) is 0. The lowest BCUT2D eigenvalue weighted by Crippen LogP contribution is -2.22. The monoisotopic (exact) mass is 266 g/mol. The summed E-state index contributed by atoms with van der Waals surface area (Å²) in [6, 6.07) is 6.08. The molecule has 3 nitrogen and oxygen atoms in total. The van der Waals surface area contributed by atoms with Crippen molar-refractivity contribution >= 4 is 11.6 Å². The van der Waals surface area contributed by atoms with Gasteiger partial charge in [-0.25, -0.2) is 0 Å². The van der Waals surface area contributed by atoms with E-state index in [0.29, 0.717) is 6.42 Å². The molecule has 0 heterocycles. The Labute approximate surface area is 114 Å². The van der Waals surface area contributed by atoms with Crippen LogP contribution in [0.15, 0.2) is 12.1 Å². The van der Waals surface area contributed by atoms with Gasteiger partial charge in [-0.05, 0) is 43.7 Å². The number of methoxy groups -OCH3 is 1. The number of aryl methyl sites for hydroxylation is 1. The highest BCUT2D eigenvalue weighted by molar-refractivity contribution is 6.31. The predicted octanol–water partition coefficient (Wildman–Crippen LogP) is 3.05. The number of hydrogen-bond acceptors (Lipinski definition) is 3. The van der Waals surface area contributed by atoms with Crippen LogP contribution in [0.4, 0.5) is 0 Å². The van der Waals surface area contributed by atoms with Crippen LogP contribution in [0.2, 0.25) is 5.02 Å². The van der Waals surface area contributed by atoms with E-state index in [0.717, 1.165) is 41.4 Å². The largest absolute Gasteiger partial charge is 0.496 e. The summed E-state index contributed by atoms with van der Waals surface area (Å²) in [5, 5.41) is 9.30. The van der Waals surface area contributed by atoms with Gasteiger partial charge in [-0.3, -0.25) is 0 Å². The van der Waals surface area contributed by atoms with Crippen LogP contribution in [-0.2, 0) is 6.42 Å². The van der Waals surface area contributed by atoms with Crippen molar-refractivity contribution in [3.05, 3.63) is 28.3 Å². The van der Waals surface area contributed by atoms with Gasteiger partial charge in [-0.15, -0.1) is 0 Å². The maximum Gasteiger partial charge on any atom is 0.122 e. The van der Waals surface area contributed by atoms with Gasteiger partial charge >= 0.3 is 0 Å². The molecule has 0 radical (unpaired) electrons. The summed E-state index contributed by atoms with van der Waals surface area (Å²) < 4.78 is 5.37. The van der Waals surface area contributed by atoms with Crippen molar-refractivity contribution in [3.63, 3.8) is 0 Å². The normalized spacial score (nSPS) is 10.4. The van der Waals surface area contributed by atoms with Crippen molar-refractivity contribution in [2.75, 3.05) is 27.2 Å². The second kappa shape index (κ2) is 7.25. The van der Waals surface area contributed by atoms with E-state index in [9.17, 15) is 0 Å². The summed E-state index contributed by atoms with van der Waals surface area (Å²) in [7, 11) is 3.69. The minimum absolute atomic E-state index is 0.558. The molecule has 1 rings (SSSR count). The van der Waals surface area contributed by atoms with Crippen molar-refractivity contribution < 1.29 is 4.74 Å². The number of nitriles is 1. The molecule has 98 valence electrons. The van der Waals surface area contributed by atoms with Crippen LogP contribution in [0.25, 0.3) is 0 Å². The molecule has 0 fully saturated rings. The molecule has 0 saturated heterocycles. The van der Waals surface area contributed by atoms with Gasteiger partial charge < -0.3 is 9.64 Å². The predicted molar refractivity (Wildman–Crippen MR) is 74.2 cm³/mol. The van der Waals surface area contributed by atoms with Gasteiger partial charge in [0.2, 0.25) is 0 Å². The maximum atomic E-state index is 8.54. The lowest BCUT2D eigenvalue weighted by Gasteiger charge is -2.16. The van der Waals surface area contributed by atoms with Gasteiger partial charge in [-0.2, -0.15) is 5.26 Å². The number of benzene rings is 1. The summed E-state index contributed by atoms with van der Waals surface area (Å²) in [4.78, 5) is 2.14. The first kappa shape index (κ1) is 14.8. The Balaban J connectivity index is 2.67. The number of nitrogens with zero attached hydrogens (tertiary/aromatic N) is 2. The third-order valence-corrected chi connectivity index (χ3v) is 3.34. The summed E-state index contributed by atoms with van der Waals surface area (Å²) in [5.74, 6) is 0.880. The van der Waals surface area contributed by atoms with Gasteiger partial charge in [0, 0.05) is 24.5 Å². The summed E-state index contributed by atoms with van der Waals surface area (Å²) in [5.41, 5.74) is 2.13. The Morgan fingerprint density at radius 2 is 2.11 bits per heavy atom. The first-order chi connectivity index (χ1) is 8.58. The molecule has 0 aliphatic rings. The van der Waals surface area contributed by atoms with E-state index in [4.69, 9.17) is 21.6 Å². The highest BCUT2D eigenvalue weighted by atomic mass is 35.5. The number of rotatable bonds is 6. The van der Waals surface area contributed by atoms with Gasteiger partial charge in [0.15, 0.2) is 0 Å². The zero-order chi connectivity index (χ0) is 13.5. The molecule has 0 aliphatic carbocycles. The van der Waals surface area contributed by atoms with Gasteiger partial charge in [0.05, 0.1) is 13.2 Å². The molecule has 1 aromatic carbocycles. The van der Waals surface area contributed by atoms with Crippen LogP contribution >= 0.6 is 11.6 Å². The molecule has 18 heavy (non-hydrogen) atoms. The van der Waals surface area contributed by atoms with Crippen LogP contribution in [0.5, 0.6) is 5.75 Å². The van der Waals surface area contributed by atoms with Gasteiger partial charge in [0.1, 0.15) is 5.75 Å². The molecular weight excluding hydrogens is 248 g/mol. The minimum atomic E-state index is 0.558. The molecule has 0 atom stereocenters. The van der Waals surface area contributed by atoms with E-state index in [-0.39, 0.29) is 0 Å². The fraction of sp³-hybridized carbons (Fsp3) is 0.500. The van der Waals surface area contributed by atoms with E-state index in [1.807, 2.05) is 26.1 Å². The second-order valence-corrected chi connectivity index (χ2v) is 4.78. The number of likely N-dealkylation sites (N-methyl/N-ethyl adjacent to an activating group) is 1. The lowest BCUT2D eigenvalue weighted by atomic mass is 10.1. The number of halogens is 1. The molecule has 0 N–H and O–H groups in total. The van der Waals surface area contributed by atoms with Crippen molar-refractivity contribution in [1.82, 2.24) is 4.90 Å². The first-order valence-corrected chi connectivity index (χ1v) is 6.34. The molecule has 0 saturated carbocycles. The van der Waals surface area contributed by atoms with Crippen LogP contribution in [-0.4, -0.2) is 32.1 Å². The first-order valence-electron chi connectivity index (χ1n) is 5.97. The Morgan fingerprint density at radius 1 is 1.39 bits per heavy atom. The Bertz CT molecular complexity index is 440. The molecule has 0 aromatic heterocycles. The highest BCUT2D eigenvalue weighted by Gasteiger charge is 2.08. The highest BCUT2D eigenvalue weighted by Crippen LogP contribution is 2.26. The Hall–Kier alpha value is -1.24. The zero-order valence-electron chi connectivity index (χ0n) is 11.2. The summed E-state index contributed by atoms with van der Waals surface area (Å²) in [6.45, 7) is 3.64. The standard InChI is InChI=1S/C14H19ClN2O/c1-11-9-14(18-3)12(10-13(11)15)5-8-17(2)7-4-6-16/h9-10H,4-5,7-8H2,1-3H3. The van der Waals surface area contributed by atoms with Crippen LogP contribution in [0.1, 0.15) is 17.5 Å².